The zero-order valence-electron chi connectivity index (χ0n) is 20.2. The molecule has 3 rings (SSSR count). The maximum atomic E-state index is 4.38. The molecule has 0 aromatic heterocycles. The molecule has 0 radical (unpaired) electrons. The van der Waals surface area contributed by atoms with Crippen LogP contribution in [0.3, 0.4) is 0 Å². The fourth-order valence-electron chi connectivity index (χ4n) is 4.29. The molecule has 2 unspecified atom stereocenters. The van der Waals surface area contributed by atoms with Crippen LogP contribution in [0.15, 0.2) is 41.0 Å². The molecule has 0 amide bonds. The van der Waals surface area contributed by atoms with Crippen LogP contribution in [0, 0.1) is 0 Å². The van der Waals surface area contributed by atoms with Crippen LogP contribution >= 0.6 is 0 Å². The summed E-state index contributed by atoms with van der Waals surface area (Å²) in [4.78, 5) is 6.98. The van der Waals surface area contributed by atoms with E-state index in [9.17, 15) is 0 Å². The van der Waals surface area contributed by atoms with Crippen molar-refractivity contribution < 1.29 is 0 Å². The molecule has 32 heavy (non-hydrogen) atoms. The van der Waals surface area contributed by atoms with Crippen LogP contribution in [0.25, 0.3) is 0 Å². The van der Waals surface area contributed by atoms with E-state index in [1.54, 1.807) is 0 Å². The zero-order valence-corrected chi connectivity index (χ0v) is 20.2. The fourth-order valence-corrected chi connectivity index (χ4v) is 4.29. The minimum Gasteiger partial charge on any atom is -0.315 e. The second kappa shape index (κ2) is 14.5. The van der Waals surface area contributed by atoms with Crippen LogP contribution in [-0.2, 0) is 13.1 Å². The Labute approximate surface area is 194 Å². The predicted octanol–water partition coefficient (Wildman–Crippen LogP) is 2.38. The van der Waals surface area contributed by atoms with Gasteiger partial charge in [0.15, 0.2) is 0 Å². The molecule has 0 spiro atoms. The molecule has 2 aliphatic heterocycles. The molecule has 2 saturated heterocycles. The Kier molecular flexibility index (Phi) is 11.4. The number of benzene rings is 1. The van der Waals surface area contributed by atoms with E-state index in [0.717, 1.165) is 84.1 Å². The number of hydrogen-bond acceptors (Lipinski definition) is 7. The number of aliphatic imine (C=N–C) groups is 1. The monoisotopic (exact) mass is 441 g/mol. The fraction of sp³-hybridized carbons (Fsp3) is 0.640. The van der Waals surface area contributed by atoms with Gasteiger partial charge >= 0.3 is 0 Å². The highest BCUT2D eigenvalue weighted by molar-refractivity contribution is 5.55. The molecule has 178 valence electrons. The van der Waals surface area contributed by atoms with Crippen molar-refractivity contribution in [2.45, 2.75) is 46.2 Å². The van der Waals surface area contributed by atoms with Crippen molar-refractivity contribution in [3.8, 4) is 0 Å². The van der Waals surface area contributed by atoms with Crippen molar-refractivity contribution in [3.05, 3.63) is 47.2 Å². The summed E-state index contributed by atoms with van der Waals surface area (Å²) in [6, 6.07) is 9.13. The van der Waals surface area contributed by atoms with E-state index in [1.165, 1.54) is 24.0 Å². The second-order valence-electron chi connectivity index (χ2n) is 8.72. The van der Waals surface area contributed by atoms with Crippen molar-refractivity contribution in [2.24, 2.45) is 4.99 Å². The molecule has 2 fully saturated rings. The number of hydrazine groups is 2. The number of rotatable bonds is 8. The summed E-state index contributed by atoms with van der Waals surface area (Å²) in [6.07, 6.45) is 7.35. The molecule has 0 saturated carbocycles. The third-order valence-corrected chi connectivity index (χ3v) is 6.16. The van der Waals surface area contributed by atoms with E-state index in [1.807, 2.05) is 20.1 Å². The van der Waals surface area contributed by atoms with Gasteiger partial charge in [0.2, 0.25) is 0 Å². The first-order valence-corrected chi connectivity index (χ1v) is 12.4. The molecule has 3 N–H and O–H groups in total. The van der Waals surface area contributed by atoms with Gasteiger partial charge in [-0.3, -0.25) is 9.89 Å². The third-order valence-electron chi connectivity index (χ3n) is 6.16. The van der Waals surface area contributed by atoms with Crippen LogP contribution in [0.1, 0.15) is 44.2 Å². The standard InChI is InChI=1S/C25H43N7/c1-3-25(28-4-2)11-13-27-21-23-7-9-24(10-8-23)22-30-15-5-12-26-14-18-31-16-6-17-32(29-31)20-19-30/h3-4,7-10,26-27,29H,5-6,11-22H2,1-2H3/b25-3-,28-4?. The molecule has 7 heteroatoms. The lowest BCUT2D eigenvalue weighted by atomic mass is 10.1. The molecule has 7 nitrogen and oxygen atoms in total. The van der Waals surface area contributed by atoms with Crippen molar-refractivity contribution in [1.29, 1.82) is 0 Å². The number of fused-ring (bicyclic) bond motifs is 2. The largest absolute Gasteiger partial charge is 0.315 e. The van der Waals surface area contributed by atoms with E-state index < -0.39 is 0 Å². The number of nitrogens with one attached hydrogen (secondary N) is 3. The zero-order chi connectivity index (χ0) is 22.4. The average molecular weight is 442 g/mol. The first kappa shape index (κ1) is 25.0. The maximum absolute atomic E-state index is 4.38. The summed E-state index contributed by atoms with van der Waals surface area (Å²) in [5.41, 5.74) is 7.47. The lowest BCUT2D eigenvalue weighted by Gasteiger charge is -2.38. The van der Waals surface area contributed by atoms with Gasteiger partial charge in [0.1, 0.15) is 0 Å². The quantitative estimate of drug-likeness (QED) is 0.425. The Morgan fingerprint density at radius 3 is 2.50 bits per heavy atom. The van der Waals surface area contributed by atoms with Gasteiger partial charge in [-0.1, -0.05) is 30.3 Å². The van der Waals surface area contributed by atoms with E-state index in [-0.39, 0.29) is 0 Å². The highest BCUT2D eigenvalue weighted by Gasteiger charge is 2.18. The molecule has 1 aromatic carbocycles. The van der Waals surface area contributed by atoms with Gasteiger partial charge in [0.25, 0.3) is 0 Å². The molecule has 1 aromatic rings. The summed E-state index contributed by atoms with van der Waals surface area (Å²) >= 11 is 0. The molecule has 2 atom stereocenters. The summed E-state index contributed by atoms with van der Waals surface area (Å²) in [6.45, 7) is 15.7. The highest BCUT2D eigenvalue weighted by Crippen LogP contribution is 2.10. The van der Waals surface area contributed by atoms with Crippen molar-refractivity contribution >= 4 is 6.21 Å². The van der Waals surface area contributed by atoms with Crippen LogP contribution in [-0.4, -0.2) is 80.0 Å². The van der Waals surface area contributed by atoms with Gasteiger partial charge in [-0.2, -0.15) is 5.53 Å². The molecular formula is C25H43N7. The molecule has 2 heterocycles. The van der Waals surface area contributed by atoms with E-state index in [0.29, 0.717) is 0 Å². The first-order chi connectivity index (χ1) is 15.8. The SMILES string of the molecule is CC=N/C(=C\C)CCNCc1ccc(CN2CCCNCCN3CCCN(CC2)N3)cc1. The Morgan fingerprint density at radius 1 is 0.938 bits per heavy atom. The van der Waals surface area contributed by atoms with Crippen molar-refractivity contribution in [2.75, 3.05) is 58.9 Å². The summed E-state index contributed by atoms with van der Waals surface area (Å²) in [7, 11) is 0. The number of hydrogen-bond donors (Lipinski definition) is 3. The lowest BCUT2D eigenvalue weighted by molar-refractivity contribution is -0.0205. The number of allylic oxidation sites excluding steroid dienone is 1. The predicted molar refractivity (Wildman–Crippen MR) is 134 cm³/mol. The normalized spacial score (nSPS) is 24.2. The van der Waals surface area contributed by atoms with Gasteiger partial charge in [-0.05, 0) is 50.9 Å². The van der Waals surface area contributed by atoms with E-state index >= 15 is 0 Å². The van der Waals surface area contributed by atoms with Gasteiger partial charge in [0, 0.05) is 77.2 Å². The number of nitrogens with zero attached hydrogens (tertiary/aromatic N) is 4. The minimum absolute atomic E-state index is 0.902. The summed E-state index contributed by atoms with van der Waals surface area (Å²) in [5.74, 6) is 0. The van der Waals surface area contributed by atoms with Gasteiger partial charge in [0.05, 0.1) is 0 Å². The first-order valence-electron chi connectivity index (χ1n) is 12.4. The van der Waals surface area contributed by atoms with E-state index in [2.05, 4.69) is 66.4 Å². The Morgan fingerprint density at radius 2 is 1.72 bits per heavy atom. The highest BCUT2D eigenvalue weighted by atomic mass is 15.8. The molecular weight excluding hydrogens is 398 g/mol. The minimum atomic E-state index is 0.902. The topological polar surface area (TPSA) is 58.2 Å². The summed E-state index contributed by atoms with van der Waals surface area (Å²) in [5, 5.41) is 11.9. The van der Waals surface area contributed by atoms with Crippen LogP contribution < -0.4 is 16.2 Å². The van der Waals surface area contributed by atoms with Crippen molar-refractivity contribution in [1.82, 2.24) is 31.1 Å². The molecule has 0 aliphatic carbocycles. The van der Waals surface area contributed by atoms with Crippen LogP contribution in [0.5, 0.6) is 0 Å². The molecule has 2 bridgehead atoms. The van der Waals surface area contributed by atoms with E-state index in [4.69, 9.17) is 0 Å². The Bertz CT molecular complexity index is 701. The van der Waals surface area contributed by atoms with Crippen LogP contribution in [0.2, 0.25) is 0 Å². The maximum Gasteiger partial charge on any atom is 0.0369 e. The van der Waals surface area contributed by atoms with Gasteiger partial charge in [-0.15, -0.1) is 0 Å². The smallest absolute Gasteiger partial charge is 0.0369 e. The summed E-state index contributed by atoms with van der Waals surface area (Å²) < 4.78 is 0. The van der Waals surface area contributed by atoms with Crippen molar-refractivity contribution in [3.63, 3.8) is 0 Å². The third kappa shape index (κ3) is 9.10. The molecule has 2 aliphatic rings. The average Bonchev–Trinajstić information content (AvgIpc) is 2.82. The van der Waals surface area contributed by atoms with Gasteiger partial charge < -0.3 is 10.6 Å². The van der Waals surface area contributed by atoms with Gasteiger partial charge in [-0.25, -0.2) is 10.0 Å². The van der Waals surface area contributed by atoms with Crippen LogP contribution in [0.4, 0.5) is 0 Å². The second-order valence-corrected chi connectivity index (χ2v) is 8.72. The lowest BCUT2D eigenvalue weighted by Crippen LogP contribution is -2.58. The Hall–Kier alpha value is -1.61. The Balaban J connectivity index is 1.45.